The smallest absolute Gasteiger partial charge is 0.205 e. The van der Waals surface area contributed by atoms with Crippen LogP contribution < -0.4 is 4.74 Å². The third kappa shape index (κ3) is 3.12. The number of aryl methyl sites for hydroxylation is 1. The summed E-state index contributed by atoms with van der Waals surface area (Å²) in [4.78, 5) is 24.5. The lowest BCUT2D eigenvalue weighted by molar-refractivity contribution is 0.104. The summed E-state index contributed by atoms with van der Waals surface area (Å²) in [5.41, 5.74) is 4.05. The van der Waals surface area contributed by atoms with Crippen molar-refractivity contribution in [1.29, 1.82) is 0 Å². The summed E-state index contributed by atoms with van der Waals surface area (Å²) in [6.45, 7) is 1.98. The van der Waals surface area contributed by atoms with E-state index in [1.807, 2.05) is 53.2 Å². The van der Waals surface area contributed by atoms with Crippen LogP contribution in [-0.2, 0) is 0 Å². The quantitative estimate of drug-likeness (QED) is 0.333. The number of hydrogen-bond donors (Lipinski definition) is 0. The van der Waals surface area contributed by atoms with Gasteiger partial charge in [-0.2, -0.15) is 0 Å². The van der Waals surface area contributed by atoms with Crippen LogP contribution in [0.2, 0.25) is 0 Å². The number of nitrogens with zero attached hydrogens (tertiary/aromatic N) is 3. The van der Waals surface area contributed by atoms with Crippen molar-refractivity contribution in [3.63, 3.8) is 0 Å². The number of aromatic nitrogens is 3. The molecule has 0 fully saturated rings. The van der Waals surface area contributed by atoms with Crippen LogP contribution >= 0.6 is 22.7 Å². The van der Waals surface area contributed by atoms with Crippen molar-refractivity contribution in [3.05, 3.63) is 82.3 Å². The Kier molecular flexibility index (Phi) is 4.69. The minimum absolute atomic E-state index is 0.0519. The Morgan fingerprint density at radius 2 is 1.80 bits per heavy atom. The number of thiazole rings is 2. The molecular formula is C23H17N3O2S2. The molecule has 0 saturated carbocycles. The minimum atomic E-state index is -0.0519. The molecule has 0 amide bonds. The summed E-state index contributed by atoms with van der Waals surface area (Å²) < 4.78 is 7.25. The van der Waals surface area contributed by atoms with E-state index >= 15 is 0 Å². The van der Waals surface area contributed by atoms with Crippen LogP contribution in [-0.4, -0.2) is 27.3 Å². The van der Waals surface area contributed by atoms with E-state index in [1.165, 1.54) is 11.3 Å². The van der Waals surface area contributed by atoms with Crippen molar-refractivity contribution in [2.24, 2.45) is 0 Å². The van der Waals surface area contributed by atoms with E-state index in [9.17, 15) is 4.79 Å². The molecule has 7 heteroatoms. The van der Waals surface area contributed by atoms with Gasteiger partial charge in [0.25, 0.3) is 0 Å². The predicted molar refractivity (Wildman–Crippen MR) is 121 cm³/mol. The number of ether oxygens (including phenoxy) is 1. The summed E-state index contributed by atoms with van der Waals surface area (Å²) in [7, 11) is 1.61. The van der Waals surface area contributed by atoms with Crippen LogP contribution in [0.15, 0.2) is 66.2 Å². The number of methoxy groups -OCH3 is 1. The average Bonchev–Trinajstić information content (AvgIpc) is 3.48. The number of fused-ring (bicyclic) bond motifs is 1. The fourth-order valence-electron chi connectivity index (χ4n) is 3.39. The summed E-state index contributed by atoms with van der Waals surface area (Å²) in [5, 5.41) is 2.79. The van der Waals surface area contributed by atoms with Crippen molar-refractivity contribution in [1.82, 2.24) is 14.4 Å². The Labute approximate surface area is 181 Å². The molecule has 2 aromatic carbocycles. The van der Waals surface area contributed by atoms with E-state index in [0.29, 0.717) is 16.1 Å². The van der Waals surface area contributed by atoms with Crippen LogP contribution in [0, 0.1) is 6.92 Å². The molecule has 0 spiro atoms. The molecule has 5 nitrogen and oxygen atoms in total. The minimum Gasteiger partial charge on any atom is -0.497 e. The fourth-order valence-corrected chi connectivity index (χ4v) is 5.30. The van der Waals surface area contributed by atoms with E-state index in [1.54, 1.807) is 42.7 Å². The van der Waals surface area contributed by atoms with E-state index in [0.717, 1.165) is 32.7 Å². The van der Waals surface area contributed by atoms with Gasteiger partial charge in [-0.05, 0) is 31.2 Å². The molecular weight excluding hydrogens is 414 g/mol. The van der Waals surface area contributed by atoms with Crippen molar-refractivity contribution >= 4 is 33.4 Å². The third-order valence-corrected chi connectivity index (χ3v) is 6.69. The Bertz CT molecular complexity index is 1350. The van der Waals surface area contributed by atoms with Crippen molar-refractivity contribution in [3.8, 4) is 27.7 Å². The highest BCUT2D eigenvalue weighted by Gasteiger charge is 2.24. The number of ketones is 1. The maximum atomic E-state index is 13.4. The number of benzene rings is 2. The van der Waals surface area contributed by atoms with Crippen LogP contribution in [0.25, 0.3) is 26.9 Å². The molecule has 0 unspecified atom stereocenters. The number of hydrogen-bond acceptors (Lipinski definition) is 6. The molecule has 5 rings (SSSR count). The maximum absolute atomic E-state index is 13.4. The first-order valence-electron chi connectivity index (χ1n) is 9.33. The lowest BCUT2D eigenvalue weighted by atomic mass is 10.0. The van der Waals surface area contributed by atoms with Gasteiger partial charge in [0.2, 0.25) is 5.78 Å². The maximum Gasteiger partial charge on any atom is 0.205 e. The number of rotatable bonds is 5. The van der Waals surface area contributed by atoms with E-state index < -0.39 is 0 Å². The SMILES string of the molecule is COc1ccc(C(=O)c2sc(-c3c(C)nc4sccn34)nc2-c2ccccc2)cc1. The second kappa shape index (κ2) is 7.51. The van der Waals surface area contributed by atoms with Gasteiger partial charge in [-0.25, -0.2) is 9.97 Å². The fraction of sp³-hybridized carbons (Fsp3) is 0.0870. The lowest BCUT2D eigenvalue weighted by Crippen LogP contribution is -2.01. The van der Waals surface area contributed by atoms with Gasteiger partial charge in [0.05, 0.1) is 18.5 Å². The standard InChI is InChI=1S/C23H17N3O2S2/c1-14-19(26-12-13-29-23(26)24-14)22-25-18(15-6-4-3-5-7-15)21(30-22)20(27)16-8-10-17(28-2)11-9-16/h3-13H,1-2H3. The van der Waals surface area contributed by atoms with Crippen molar-refractivity contribution in [2.45, 2.75) is 6.92 Å². The highest BCUT2D eigenvalue weighted by atomic mass is 32.1. The molecule has 3 aromatic heterocycles. The van der Waals surface area contributed by atoms with Crippen LogP contribution in [0.4, 0.5) is 0 Å². The normalized spacial score (nSPS) is 11.1. The summed E-state index contributed by atoms with van der Waals surface area (Å²) >= 11 is 2.99. The zero-order chi connectivity index (χ0) is 20.7. The zero-order valence-corrected chi connectivity index (χ0v) is 18.0. The molecule has 5 aromatic rings. The summed E-state index contributed by atoms with van der Waals surface area (Å²) in [5.74, 6) is 0.665. The molecule has 0 radical (unpaired) electrons. The van der Waals surface area contributed by atoms with E-state index in [4.69, 9.17) is 9.72 Å². The lowest BCUT2D eigenvalue weighted by Gasteiger charge is -2.04. The first kappa shape index (κ1) is 18.7. The second-order valence-electron chi connectivity index (χ2n) is 6.72. The first-order chi connectivity index (χ1) is 14.7. The van der Waals surface area contributed by atoms with E-state index in [-0.39, 0.29) is 5.78 Å². The zero-order valence-electron chi connectivity index (χ0n) is 16.3. The molecule has 0 atom stereocenters. The Morgan fingerprint density at radius 3 is 2.53 bits per heavy atom. The number of imidazole rings is 1. The first-order valence-corrected chi connectivity index (χ1v) is 11.0. The summed E-state index contributed by atoms with van der Waals surface area (Å²) in [6.07, 6.45) is 1.99. The third-order valence-electron chi connectivity index (χ3n) is 4.87. The Balaban J connectivity index is 1.68. The van der Waals surface area contributed by atoms with Gasteiger partial charge in [-0.3, -0.25) is 9.20 Å². The van der Waals surface area contributed by atoms with Crippen LogP contribution in [0.3, 0.4) is 0 Å². The largest absolute Gasteiger partial charge is 0.497 e. The molecule has 0 aliphatic heterocycles. The Hall–Kier alpha value is -3.29. The van der Waals surface area contributed by atoms with Gasteiger partial charge in [0.15, 0.2) is 4.96 Å². The monoisotopic (exact) mass is 431 g/mol. The van der Waals surface area contributed by atoms with Crippen LogP contribution in [0.5, 0.6) is 5.75 Å². The van der Waals surface area contributed by atoms with Crippen molar-refractivity contribution in [2.75, 3.05) is 7.11 Å². The highest BCUT2D eigenvalue weighted by molar-refractivity contribution is 7.17. The van der Waals surface area contributed by atoms with E-state index in [2.05, 4.69) is 4.98 Å². The molecule has 0 saturated heterocycles. The van der Waals surface area contributed by atoms with Gasteiger partial charge in [-0.1, -0.05) is 30.3 Å². The van der Waals surface area contributed by atoms with Gasteiger partial charge in [-0.15, -0.1) is 22.7 Å². The molecule has 0 N–H and O–H groups in total. The number of carbonyl (C=O) groups is 1. The van der Waals surface area contributed by atoms with Crippen LogP contribution in [0.1, 0.15) is 20.9 Å². The topological polar surface area (TPSA) is 56.5 Å². The molecule has 0 bridgehead atoms. The molecule has 0 aliphatic carbocycles. The second-order valence-corrected chi connectivity index (χ2v) is 8.59. The number of carbonyl (C=O) groups excluding carboxylic acids is 1. The average molecular weight is 432 g/mol. The summed E-state index contributed by atoms with van der Waals surface area (Å²) in [6, 6.07) is 17.0. The molecule has 30 heavy (non-hydrogen) atoms. The molecule has 0 aliphatic rings. The predicted octanol–water partition coefficient (Wildman–Crippen LogP) is 5.73. The molecule has 3 heterocycles. The van der Waals surface area contributed by atoms with Crippen molar-refractivity contribution < 1.29 is 9.53 Å². The highest BCUT2D eigenvalue weighted by Crippen LogP contribution is 2.37. The molecule has 148 valence electrons. The van der Waals surface area contributed by atoms with Gasteiger partial charge < -0.3 is 4.74 Å². The van der Waals surface area contributed by atoms with Gasteiger partial charge in [0.1, 0.15) is 21.3 Å². The van der Waals surface area contributed by atoms with Gasteiger partial charge in [0, 0.05) is 22.7 Å². The van der Waals surface area contributed by atoms with Gasteiger partial charge >= 0.3 is 0 Å². The Morgan fingerprint density at radius 1 is 1.03 bits per heavy atom.